The van der Waals surface area contributed by atoms with Crippen LogP contribution in [0, 0.1) is 10.1 Å². The Hall–Kier alpha value is -2.95. The van der Waals surface area contributed by atoms with Crippen LogP contribution in [0.15, 0.2) is 66.9 Å². The number of aromatic nitrogens is 2. The summed E-state index contributed by atoms with van der Waals surface area (Å²) in [5.41, 5.74) is 2.81. The molecule has 0 N–H and O–H groups in total. The van der Waals surface area contributed by atoms with Crippen LogP contribution in [0.3, 0.4) is 0 Å². The third kappa shape index (κ3) is 2.16. The highest BCUT2D eigenvalue weighted by atomic mass is 16.6. The lowest BCUT2D eigenvalue weighted by molar-refractivity contribution is -0.384. The molecular formula is C15H11N3O2. The molecule has 98 valence electrons. The third-order valence-corrected chi connectivity index (χ3v) is 3.02. The quantitative estimate of drug-likeness (QED) is 0.538. The molecule has 0 aliphatic heterocycles. The van der Waals surface area contributed by atoms with E-state index in [0.29, 0.717) is 0 Å². The molecule has 1 aromatic heterocycles. The second-order valence-corrected chi connectivity index (χ2v) is 4.27. The zero-order valence-electron chi connectivity index (χ0n) is 10.5. The van der Waals surface area contributed by atoms with Crippen LogP contribution in [-0.4, -0.2) is 14.7 Å². The fourth-order valence-corrected chi connectivity index (χ4v) is 2.05. The fraction of sp³-hybridized carbons (Fsp3) is 0. The molecule has 3 aromatic rings. The number of benzene rings is 2. The zero-order valence-corrected chi connectivity index (χ0v) is 10.5. The summed E-state index contributed by atoms with van der Waals surface area (Å²) >= 11 is 0. The van der Waals surface area contributed by atoms with E-state index in [2.05, 4.69) is 5.10 Å². The molecule has 0 aliphatic rings. The van der Waals surface area contributed by atoms with Gasteiger partial charge in [0, 0.05) is 17.7 Å². The molecule has 0 saturated heterocycles. The Morgan fingerprint density at radius 1 is 0.950 bits per heavy atom. The molecule has 0 aliphatic carbocycles. The molecule has 1 heterocycles. The maximum absolute atomic E-state index is 10.7. The summed E-state index contributed by atoms with van der Waals surface area (Å²) in [7, 11) is 0. The Morgan fingerprint density at radius 3 is 2.30 bits per heavy atom. The molecule has 0 unspecified atom stereocenters. The Morgan fingerprint density at radius 2 is 1.65 bits per heavy atom. The molecule has 0 fully saturated rings. The van der Waals surface area contributed by atoms with Crippen molar-refractivity contribution in [2.75, 3.05) is 0 Å². The third-order valence-electron chi connectivity index (χ3n) is 3.02. The van der Waals surface area contributed by atoms with Gasteiger partial charge in [0.2, 0.25) is 0 Å². The lowest BCUT2D eigenvalue weighted by atomic mass is 10.1. The Balaban J connectivity index is 2.04. The molecule has 0 bridgehead atoms. The first-order chi connectivity index (χ1) is 9.75. The SMILES string of the molecule is O=[N+]([O-])c1ccc(-c2ccnn2-c2ccccc2)cc1. The second-order valence-electron chi connectivity index (χ2n) is 4.27. The molecule has 0 amide bonds. The topological polar surface area (TPSA) is 61.0 Å². The first-order valence-corrected chi connectivity index (χ1v) is 6.10. The van der Waals surface area contributed by atoms with Gasteiger partial charge in [0.25, 0.3) is 5.69 Å². The number of nitro groups is 1. The Labute approximate surface area is 115 Å². The number of nitro benzene ring substituents is 1. The van der Waals surface area contributed by atoms with Crippen LogP contribution < -0.4 is 0 Å². The van der Waals surface area contributed by atoms with E-state index in [9.17, 15) is 10.1 Å². The van der Waals surface area contributed by atoms with Crippen molar-refractivity contribution < 1.29 is 4.92 Å². The van der Waals surface area contributed by atoms with E-state index in [1.165, 1.54) is 12.1 Å². The van der Waals surface area contributed by atoms with Crippen molar-refractivity contribution in [3.8, 4) is 16.9 Å². The van der Waals surface area contributed by atoms with Gasteiger partial charge in [0.05, 0.1) is 22.5 Å². The standard InChI is InChI=1S/C15H11N3O2/c19-18(20)14-8-6-12(7-9-14)15-10-11-16-17(15)13-4-2-1-3-5-13/h1-11H. The van der Waals surface area contributed by atoms with Gasteiger partial charge in [0.1, 0.15) is 0 Å². The van der Waals surface area contributed by atoms with Gasteiger partial charge in [-0.3, -0.25) is 10.1 Å². The van der Waals surface area contributed by atoms with Gasteiger partial charge in [-0.15, -0.1) is 0 Å². The lowest BCUT2D eigenvalue weighted by Gasteiger charge is -2.07. The molecule has 0 saturated carbocycles. The van der Waals surface area contributed by atoms with Crippen LogP contribution in [0.4, 0.5) is 5.69 Å². The number of rotatable bonds is 3. The largest absolute Gasteiger partial charge is 0.269 e. The maximum Gasteiger partial charge on any atom is 0.269 e. The van der Waals surface area contributed by atoms with E-state index in [1.54, 1.807) is 23.0 Å². The lowest BCUT2D eigenvalue weighted by Crippen LogP contribution is -1.98. The summed E-state index contributed by atoms with van der Waals surface area (Å²) in [6.45, 7) is 0. The van der Waals surface area contributed by atoms with Crippen molar-refractivity contribution in [1.82, 2.24) is 9.78 Å². The Kier molecular flexibility index (Phi) is 3.01. The Bertz CT molecular complexity index is 733. The van der Waals surface area contributed by atoms with Crippen LogP contribution in [-0.2, 0) is 0 Å². The van der Waals surface area contributed by atoms with Crippen LogP contribution in [0.2, 0.25) is 0 Å². The minimum Gasteiger partial charge on any atom is -0.258 e. The van der Waals surface area contributed by atoms with Crippen LogP contribution >= 0.6 is 0 Å². The second kappa shape index (κ2) is 4.97. The number of non-ortho nitro benzene ring substituents is 1. The molecule has 0 radical (unpaired) electrons. The molecule has 0 atom stereocenters. The maximum atomic E-state index is 10.7. The number of nitrogens with zero attached hydrogens (tertiary/aromatic N) is 3. The molecular weight excluding hydrogens is 254 g/mol. The van der Waals surface area contributed by atoms with Crippen LogP contribution in [0.5, 0.6) is 0 Å². The van der Waals surface area contributed by atoms with Gasteiger partial charge in [-0.1, -0.05) is 18.2 Å². The summed E-state index contributed by atoms with van der Waals surface area (Å²) in [5.74, 6) is 0. The summed E-state index contributed by atoms with van der Waals surface area (Å²) in [4.78, 5) is 10.3. The van der Waals surface area contributed by atoms with Gasteiger partial charge >= 0.3 is 0 Å². The van der Waals surface area contributed by atoms with Gasteiger partial charge < -0.3 is 0 Å². The van der Waals surface area contributed by atoms with E-state index < -0.39 is 4.92 Å². The molecule has 3 rings (SSSR count). The molecule has 0 spiro atoms. The van der Waals surface area contributed by atoms with Gasteiger partial charge in [-0.25, -0.2) is 4.68 Å². The van der Waals surface area contributed by atoms with E-state index in [1.807, 2.05) is 36.4 Å². The molecule has 20 heavy (non-hydrogen) atoms. The first kappa shape index (κ1) is 12.1. The highest BCUT2D eigenvalue weighted by Gasteiger charge is 2.09. The van der Waals surface area contributed by atoms with Crippen LogP contribution in [0.25, 0.3) is 16.9 Å². The molecule has 5 heteroatoms. The number of hydrogen-bond acceptors (Lipinski definition) is 3. The number of para-hydroxylation sites is 1. The smallest absolute Gasteiger partial charge is 0.258 e. The van der Waals surface area contributed by atoms with E-state index in [-0.39, 0.29) is 5.69 Å². The van der Waals surface area contributed by atoms with E-state index >= 15 is 0 Å². The van der Waals surface area contributed by atoms with E-state index in [4.69, 9.17) is 0 Å². The average molecular weight is 265 g/mol. The zero-order chi connectivity index (χ0) is 13.9. The summed E-state index contributed by atoms with van der Waals surface area (Å²) in [6, 6.07) is 18.1. The van der Waals surface area contributed by atoms with Crippen molar-refractivity contribution in [2.24, 2.45) is 0 Å². The first-order valence-electron chi connectivity index (χ1n) is 6.10. The van der Waals surface area contributed by atoms with Crippen molar-refractivity contribution >= 4 is 5.69 Å². The minimum atomic E-state index is -0.404. The van der Waals surface area contributed by atoms with Crippen LogP contribution in [0.1, 0.15) is 0 Å². The van der Waals surface area contributed by atoms with Gasteiger partial charge in [-0.05, 0) is 30.3 Å². The highest BCUT2D eigenvalue weighted by molar-refractivity contribution is 5.63. The molecule has 5 nitrogen and oxygen atoms in total. The molecule has 2 aromatic carbocycles. The number of hydrogen-bond donors (Lipinski definition) is 0. The predicted octanol–water partition coefficient (Wildman–Crippen LogP) is 3.45. The average Bonchev–Trinajstić information content (AvgIpc) is 2.97. The summed E-state index contributed by atoms with van der Waals surface area (Å²) < 4.78 is 1.81. The minimum absolute atomic E-state index is 0.0829. The van der Waals surface area contributed by atoms with Crippen molar-refractivity contribution in [2.45, 2.75) is 0 Å². The van der Waals surface area contributed by atoms with Crippen molar-refractivity contribution in [3.05, 3.63) is 77.0 Å². The van der Waals surface area contributed by atoms with Crippen molar-refractivity contribution in [1.29, 1.82) is 0 Å². The summed E-state index contributed by atoms with van der Waals surface area (Å²) in [6.07, 6.45) is 1.71. The van der Waals surface area contributed by atoms with E-state index in [0.717, 1.165) is 16.9 Å². The fourth-order valence-electron chi connectivity index (χ4n) is 2.05. The monoisotopic (exact) mass is 265 g/mol. The highest BCUT2D eigenvalue weighted by Crippen LogP contribution is 2.24. The van der Waals surface area contributed by atoms with Gasteiger partial charge in [-0.2, -0.15) is 5.10 Å². The van der Waals surface area contributed by atoms with Crippen molar-refractivity contribution in [3.63, 3.8) is 0 Å². The normalized spacial score (nSPS) is 10.4. The predicted molar refractivity (Wildman–Crippen MR) is 75.7 cm³/mol. The summed E-state index contributed by atoms with van der Waals surface area (Å²) in [5, 5.41) is 15.0. The van der Waals surface area contributed by atoms with Gasteiger partial charge in [0.15, 0.2) is 0 Å².